The maximum absolute atomic E-state index is 13.0. The minimum Gasteiger partial charge on any atom is -0.338 e. The Morgan fingerprint density at radius 1 is 1.29 bits per heavy atom. The Bertz CT molecular complexity index is 751. The largest absolute Gasteiger partial charge is 0.338 e. The maximum atomic E-state index is 13.0. The lowest BCUT2D eigenvalue weighted by Crippen LogP contribution is -2.39. The van der Waals surface area contributed by atoms with Crippen LogP contribution in [0.2, 0.25) is 0 Å². The fraction of sp³-hybridized carbons (Fsp3) is 0.500. The molecule has 0 radical (unpaired) electrons. The fourth-order valence-corrected chi connectivity index (χ4v) is 4.05. The molecule has 1 amide bonds. The van der Waals surface area contributed by atoms with E-state index in [4.69, 9.17) is 0 Å². The first-order valence-corrected chi connectivity index (χ1v) is 8.98. The standard InChI is InChI=1S/C20H25N3O/c1-14-5-3-6-16(9-14)18-10-19(18)20(24)23-8-4-7-17(23)13-22-12-15(2)11-21-22/h3,5-6,9,11-12,17-19H,4,7-8,10,13H2,1-2H3/t17-,18+,19-/m1/s1. The van der Waals surface area contributed by atoms with Crippen molar-refractivity contribution in [3.8, 4) is 0 Å². The Labute approximate surface area is 143 Å². The summed E-state index contributed by atoms with van der Waals surface area (Å²) in [6, 6.07) is 8.91. The normalized spacial score (nSPS) is 25.9. The smallest absolute Gasteiger partial charge is 0.226 e. The van der Waals surface area contributed by atoms with E-state index in [0.29, 0.717) is 17.9 Å². The molecule has 4 heteroatoms. The van der Waals surface area contributed by atoms with Crippen molar-refractivity contribution in [3.05, 3.63) is 53.3 Å². The van der Waals surface area contributed by atoms with Gasteiger partial charge in [0.15, 0.2) is 0 Å². The average Bonchev–Trinajstić information content (AvgIpc) is 3.06. The topological polar surface area (TPSA) is 38.1 Å². The van der Waals surface area contributed by atoms with Crippen LogP contribution in [0.1, 0.15) is 41.9 Å². The molecular weight excluding hydrogens is 298 g/mol. The van der Waals surface area contributed by atoms with E-state index in [-0.39, 0.29) is 5.92 Å². The molecule has 4 nitrogen and oxygen atoms in total. The van der Waals surface area contributed by atoms with Crippen molar-refractivity contribution in [2.24, 2.45) is 5.92 Å². The van der Waals surface area contributed by atoms with Crippen LogP contribution in [0.15, 0.2) is 36.7 Å². The van der Waals surface area contributed by atoms with Gasteiger partial charge in [-0.2, -0.15) is 5.10 Å². The van der Waals surface area contributed by atoms with Crippen LogP contribution in [-0.4, -0.2) is 33.2 Å². The number of carbonyl (C=O) groups is 1. The third-order valence-electron chi connectivity index (χ3n) is 5.40. The lowest BCUT2D eigenvalue weighted by Gasteiger charge is -2.25. The lowest BCUT2D eigenvalue weighted by molar-refractivity contribution is -0.133. The summed E-state index contributed by atoms with van der Waals surface area (Å²) in [4.78, 5) is 15.1. The Morgan fingerprint density at radius 3 is 2.92 bits per heavy atom. The van der Waals surface area contributed by atoms with Gasteiger partial charge in [0.2, 0.25) is 5.91 Å². The van der Waals surface area contributed by atoms with Crippen LogP contribution in [0.5, 0.6) is 0 Å². The van der Waals surface area contributed by atoms with Crippen molar-refractivity contribution < 1.29 is 4.79 Å². The maximum Gasteiger partial charge on any atom is 0.226 e. The molecule has 1 aromatic heterocycles. The Balaban J connectivity index is 1.42. The second-order valence-electron chi connectivity index (χ2n) is 7.43. The summed E-state index contributed by atoms with van der Waals surface area (Å²) in [6.45, 7) is 5.89. The number of nitrogens with zero attached hydrogens (tertiary/aromatic N) is 3. The van der Waals surface area contributed by atoms with Gasteiger partial charge in [0, 0.05) is 18.7 Å². The first-order valence-electron chi connectivity index (χ1n) is 8.98. The molecule has 24 heavy (non-hydrogen) atoms. The van der Waals surface area contributed by atoms with Crippen LogP contribution in [0, 0.1) is 19.8 Å². The molecular formula is C20H25N3O. The number of hydrogen-bond acceptors (Lipinski definition) is 2. The zero-order valence-electron chi connectivity index (χ0n) is 14.5. The molecule has 1 aliphatic heterocycles. The predicted molar refractivity (Wildman–Crippen MR) is 93.7 cm³/mol. The van der Waals surface area contributed by atoms with E-state index in [0.717, 1.165) is 32.4 Å². The van der Waals surface area contributed by atoms with Crippen LogP contribution in [-0.2, 0) is 11.3 Å². The van der Waals surface area contributed by atoms with E-state index in [1.165, 1.54) is 16.7 Å². The molecule has 126 valence electrons. The molecule has 2 aliphatic rings. The second-order valence-corrected chi connectivity index (χ2v) is 7.43. The highest BCUT2D eigenvalue weighted by Gasteiger charge is 2.47. The van der Waals surface area contributed by atoms with Gasteiger partial charge in [-0.3, -0.25) is 9.48 Å². The van der Waals surface area contributed by atoms with Gasteiger partial charge in [0.1, 0.15) is 0 Å². The molecule has 0 unspecified atom stereocenters. The molecule has 1 saturated carbocycles. The van der Waals surface area contributed by atoms with E-state index in [1.54, 1.807) is 0 Å². The zero-order valence-corrected chi connectivity index (χ0v) is 14.5. The summed E-state index contributed by atoms with van der Waals surface area (Å²) in [5.74, 6) is 0.963. The molecule has 2 fully saturated rings. The van der Waals surface area contributed by atoms with Gasteiger partial charge < -0.3 is 4.90 Å². The van der Waals surface area contributed by atoms with Crippen molar-refractivity contribution in [1.82, 2.24) is 14.7 Å². The molecule has 2 aromatic rings. The van der Waals surface area contributed by atoms with Crippen molar-refractivity contribution >= 4 is 5.91 Å². The molecule has 4 rings (SSSR count). The van der Waals surface area contributed by atoms with Gasteiger partial charge in [-0.1, -0.05) is 29.8 Å². The van der Waals surface area contributed by atoms with Crippen molar-refractivity contribution in [1.29, 1.82) is 0 Å². The SMILES string of the molecule is Cc1cccc([C@@H]2C[C@H]2C(=O)N2CCC[C@@H]2Cn2cc(C)cn2)c1. The third kappa shape index (κ3) is 2.97. The third-order valence-corrected chi connectivity index (χ3v) is 5.40. The summed E-state index contributed by atoms with van der Waals surface area (Å²) in [6.07, 6.45) is 7.15. The molecule has 1 aromatic carbocycles. The van der Waals surface area contributed by atoms with Gasteiger partial charge in [-0.15, -0.1) is 0 Å². The predicted octanol–water partition coefficient (Wildman–Crippen LogP) is 3.29. The van der Waals surface area contributed by atoms with Crippen molar-refractivity contribution in [2.45, 2.75) is 51.6 Å². The van der Waals surface area contributed by atoms with Gasteiger partial charge in [-0.25, -0.2) is 0 Å². The van der Waals surface area contributed by atoms with Crippen LogP contribution in [0.25, 0.3) is 0 Å². The van der Waals surface area contributed by atoms with Crippen LogP contribution < -0.4 is 0 Å². The number of carbonyl (C=O) groups excluding carboxylic acids is 1. The summed E-state index contributed by atoms with van der Waals surface area (Å²) < 4.78 is 1.98. The Hall–Kier alpha value is -2.10. The Morgan fingerprint density at radius 2 is 2.17 bits per heavy atom. The zero-order chi connectivity index (χ0) is 16.7. The number of hydrogen-bond donors (Lipinski definition) is 0. The molecule has 0 bridgehead atoms. The number of aromatic nitrogens is 2. The Kier molecular flexibility index (Phi) is 3.91. The van der Waals surface area contributed by atoms with E-state index in [2.05, 4.69) is 54.3 Å². The second kappa shape index (κ2) is 6.08. The van der Waals surface area contributed by atoms with E-state index < -0.39 is 0 Å². The first kappa shape index (κ1) is 15.4. The minimum absolute atomic E-state index is 0.187. The summed E-state index contributed by atoms with van der Waals surface area (Å²) in [7, 11) is 0. The van der Waals surface area contributed by atoms with E-state index in [1.807, 2.05) is 10.9 Å². The molecule has 1 saturated heterocycles. The highest BCUT2D eigenvalue weighted by molar-refractivity contribution is 5.83. The first-order chi connectivity index (χ1) is 11.6. The molecule has 3 atom stereocenters. The summed E-state index contributed by atoms with van der Waals surface area (Å²) in [5.41, 5.74) is 3.78. The summed E-state index contributed by atoms with van der Waals surface area (Å²) >= 11 is 0. The van der Waals surface area contributed by atoms with Crippen LogP contribution in [0.3, 0.4) is 0 Å². The highest BCUT2D eigenvalue weighted by Crippen LogP contribution is 2.49. The molecule has 2 heterocycles. The van der Waals surface area contributed by atoms with Gasteiger partial charge in [0.05, 0.1) is 18.8 Å². The summed E-state index contributed by atoms with van der Waals surface area (Å²) in [5, 5.41) is 4.38. The van der Waals surface area contributed by atoms with E-state index >= 15 is 0 Å². The highest BCUT2D eigenvalue weighted by atomic mass is 16.2. The number of likely N-dealkylation sites (tertiary alicyclic amines) is 1. The number of benzene rings is 1. The molecule has 0 spiro atoms. The monoisotopic (exact) mass is 323 g/mol. The van der Waals surface area contributed by atoms with Crippen LogP contribution >= 0.6 is 0 Å². The van der Waals surface area contributed by atoms with Gasteiger partial charge in [0.25, 0.3) is 0 Å². The minimum atomic E-state index is 0.187. The fourth-order valence-electron chi connectivity index (χ4n) is 4.05. The van der Waals surface area contributed by atoms with Crippen molar-refractivity contribution in [3.63, 3.8) is 0 Å². The van der Waals surface area contributed by atoms with Gasteiger partial charge in [-0.05, 0) is 50.2 Å². The number of rotatable bonds is 4. The molecule has 1 aliphatic carbocycles. The lowest BCUT2D eigenvalue weighted by atomic mass is 10.1. The van der Waals surface area contributed by atoms with Gasteiger partial charge >= 0.3 is 0 Å². The van der Waals surface area contributed by atoms with E-state index in [9.17, 15) is 4.79 Å². The average molecular weight is 323 g/mol. The number of aryl methyl sites for hydroxylation is 2. The quantitative estimate of drug-likeness (QED) is 0.866. The number of amides is 1. The molecule has 0 N–H and O–H groups in total. The van der Waals surface area contributed by atoms with Crippen molar-refractivity contribution in [2.75, 3.05) is 6.54 Å². The van der Waals surface area contributed by atoms with Crippen LogP contribution in [0.4, 0.5) is 0 Å².